The third-order valence-electron chi connectivity index (χ3n) is 3.03. The summed E-state index contributed by atoms with van der Waals surface area (Å²) < 4.78 is 0. The SMILES string of the molecule is CCCC(CC(O)CC)c1ccc(O)cc1. The Morgan fingerprint density at radius 1 is 1.12 bits per heavy atom. The third kappa shape index (κ3) is 3.86. The van der Waals surface area contributed by atoms with E-state index in [-0.39, 0.29) is 6.10 Å². The predicted molar refractivity (Wildman–Crippen MR) is 66.7 cm³/mol. The van der Waals surface area contributed by atoms with Crippen LogP contribution >= 0.6 is 0 Å². The first-order valence-electron chi connectivity index (χ1n) is 6.14. The maximum Gasteiger partial charge on any atom is 0.115 e. The quantitative estimate of drug-likeness (QED) is 0.774. The lowest BCUT2D eigenvalue weighted by Crippen LogP contribution is -2.11. The minimum absolute atomic E-state index is 0.217. The molecular formula is C14H22O2. The Morgan fingerprint density at radius 3 is 2.25 bits per heavy atom. The molecule has 2 unspecified atom stereocenters. The van der Waals surface area contributed by atoms with Gasteiger partial charge in [-0.1, -0.05) is 32.4 Å². The molecule has 1 aromatic rings. The van der Waals surface area contributed by atoms with Crippen molar-refractivity contribution < 1.29 is 10.2 Å². The molecule has 0 radical (unpaired) electrons. The van der Waals surface area contributed by atoms with Gasteiger partial charge in [0.05, 0.1) is 6.10 Å². The third-order valence-corrected chi connectivity index (χ3v) is 3.03. The maximum atomic E-state index is 9.72. The van der Waals surface area contributed by atoms with Gasteiger partial charge in [0.2, 0.25) is 0 Å². The second kappa shape index (κ2) is 6.54. The molecule has 1 rings (SSSR count). The lowest BCUT2D eigenvalue weighted by Gasteiger charge is -2.19. The Balaban J connectivity index is 2.72. The van der Waals surface area contributed by atoms with Gasteiger partial charge >= 0.3 is 0 Å². The molecule has 0 aliphatic rings. The molecule has 0 spiro atoms. The zero-order valence-corrected chi connectivity index (χ0v) is 10.2. The standard InChI is InChI=1S/C14H22O2/c1-3-5-12(10-13(15)4-2)11-6-8-14(16)9-7-11/h6-9,12-13,15-16H,3-5,10H2,1-2H3. The molecule has 1 aromatic carbocycles. The lowest BCUT2D eigenvalue weighted by molar-refractivity contribution is 0.149. The van der Waals surface area contributed by atoms with E-state index in [0.29, 0.717) is 11.7 Å². The number of rotatable bonds is 6. The summed E-state index contributed by atoms with van der Waals surface area (Å²) in [6.07, 6.45) is 3.60. The Bertz CT molecular complexity index is 292. The summed E-state index contributed by atoms with van der Waals surface area (Å²) in [7, 11) is 0. The molecule has 16 heavy (non-hydrogen) atoms. The molecule has 2 N–H and O–H groups in total. The van der Waals surface area contributed by atoms with Gasteiger partial charge in [-0.25, -0.2) is 0 Å². The van der Waals surface area contributed by atoms with Crippen LogP contribution in [0.15, 0.2) is 24.3 Å². The molecule has 0 aromatic heterocycles. The predicted octanol–water partition coefficient (Wildman–Crippen LogP) is 3.44. The van der Waals surface area contributed by atoms with E-state index in [0.717, 1.165) is 25.7 Å². The number of phenols is 1. The van der Waals surface area contributed by atoms with Crippen molar-refractivity contribution in [2.75, 3.05) is 0 Å². The van der Waals surface area contributed by atoms with Crippen molar-refractivity contribution in [3.05, 3.63) is 29.8 Å². The topological polar surface area (TPSA) is 40.5 Å². The minimum atomic E-state index is -0.217. The highest BCUT2D eigenvalue weighted by atomic mass is 16.3. The van der Waals surface area contributed by atoms with Crippen molar-refractivity contribution in [2.45, 2.75) is 51.6 Å². The summed E-state index contributed by atoms with van der Waals surface area (Å²) in [5, 5.41) is 19.0. The average Bonchev–Trinajstić information content (AvgIpc) is 2.29. The number of hydrogen-bond acceptors (Lipinski definition) is 2. The van der Waals surface area contributed by atoms with E-state index in [1.807, 2.05) is 19.1 Å². The van der Waals surface area contributed by atoms with Gasteiger partial charge in [-0.05, 0) is 42.9 Å². The van der Waals surface area contributed by atoms with Crippen LogP contribution in [0.1, 0.15) is 51.0 Å². The maximum absolute atomic E-state index is 9.72. The van der Waals surface area contributed by atoms with Crippen LogP contribution in [-0.2, 0) is 0 Å². The van der Waals surface area contributed by atoms with Crippen molar-refractivity contribution in [3.63, 3.8) is 0 Å². The van der Waals surface area contributed by atoms with Crippen LogP contribution in [0.2, 0.25) is 0 Å². The minimum Gasteiger partial charge on any atom is -0.508 e. The summed E-state index contributed by atoms with van der Waals surface area (Å²) >= 11 is 0. The van der Waals surface area contributed by atoms with Crippen molar-refractivity contribution in [3.8, 4) is 5.75 Å². The lowest BCUT2D eigenvalue weighted by atomic mass is 9.88. The molecule has 0 aliphatic heterocycles. The number of phenolic OH excluding ortho intramolecular Hbond substituents is 1. The Labute approximate surface area is 97.9 Å². The Morgan fingerprint density at radius 2 is 1.75 bits per heavy atom. The highest BCUT2D eigenvalue weighted by Gasteiger charge is 2.14. The zero-order valence-electron chi connectivity index (χ0n) is 10.2. The first-order valence-corrected chi connectivity index (χ1v) is 6.14. The number of aromatic hydroxyl groups is 1. The summed E-state index contributed by atoms with van der Waals surface area (Å²) in [6.45, 7) is 4.16. The van der Waals surface area contributed by atoms with E-state index in [9.17, 15) is 10.2 Å². The number of benzene rings is 1. The molecule has 0 heterocycles. The first-order chi connectivity index (χ1) is 7.67. The van der Waals surface area contributed by atoms with Crippen molar-refractivity contribution in [1.82, 2.24) is 0 Å². The molecule has 2 heteroatoms. The van der Waals surface area contributed by atoms with Gasteiger partial charge in [0.15, 0.2) is 0 Å². The van der Waals surface area contributed by atoms with E-state index in [2.05, 4.69) is 6.92 Å². The summed E-state index contributed by atoms with van der Waals surface area (Å²) in [4.78, 5) is 0. The summed E-state index contributed by atoms with van der Waals surface area (Å²) in [6, 6.07) is 7.35. The van der Waals surface area contributed by atoms with Gasteiger partial charge in [-0.15, -0.1) is 0 Å². The normalized spacial score (nSPS) is 14.7. The largest absolute Gasteiger partial charge is 0.508 e. The van der Waals surface area contributed by atoms with Crippen LogP contribution in [0.25, 0.3) is 0 Å². The fraction of sp³-hybridized carbons (Fsp3) is 0.571. The monoisotopic (exact) mass is 222 g/mol. The molecule has 0 saturated carbocycles. The fourth-order valence-corrected chi connectivity index (χ4v) is 2.01. The summed E-state index contributed by atoms with van der Waals surface area (Å²) in [5.74, 6) is 0.704. The van der Waals surface area contributed by atoms with Gasteiger partial charge in [-0.2, -0.15) is 0 Å². The second-order valence-corrected chi connectivity index (χ2v) is 4.37. The van der Waals surface area contributed by atoms with Crippen molar-refractivity contribution >= 4 is 0 Å². The number of hydrogen-bond donors (Lipinski definition) is 2. The molecule has 0 fully saturated rings. The summed E-state index contributed by atoms with van der Waals surface area (Å²) in [5.41, 5.74) is 1.21. The molecule has 0 amide bonds. The van der Waals surface area contributed by atoms with E-state index >= 15 is 0 Å². The molecule has 0 saturated heterocycles. The molecule has 0 aliphatic carbocycles. The van der Waals surface area contributed by atoms with E-state index < -0.39 is 0 Å². The van der Waals surface area contributed by atoms with Gasteiger partial charge in [-0.3, -0.25) is 0 Å². The van der Waals surface area contributed by atoms with Gasteiger partial charge in [0, 0.05) is 0 Å². The number of aliphatic hydroxyl groups excluding tert-OH is 1. The van der Waals surface area contributed by atoms with E-state index in [1.54, 1.807) is 12.1 Å². The smallest absolute Gasteiger partial charge is 0.115 e. The van der Waals surface area contributed by atoms with Crippen LogP contribution < -0.4 is 0 Å². The van der Waals surface area contributed by atoms with Crippen LogP contribution in [0.3, 0.4) is 0 Å². The van der Waals surface area contributed by atoms with E-state index in [4.69, 9.17) is 0 Å². The number of aliphatic hydroxyl groups is 1. The highest BCUT2D eigenvalue weighted by Crippen LogP contribution is 2.28. The molecule has 2 atom stereocenters. The fourth-order valence-electron chi connectivity index (χ4n) is 2.01. The average molecular weight is 222 g/mol. The Kier molecular flexibility index (Phi) is 5.33. The zero-order chi connectivity index (χ0) is 12.0. The molecule has 90 valence electrons. The molecule has 2 nitrogen and oxygen atoms in total. The van der Waals surface area contributed by atoms with Crippen LogP contribution in [0.4, 0.5) is 0 Å². The second-order valence-electron chi connectivity index (χ2n) is 4.37. The molecule has 0 bridgehead atoms. The van der Waals surface area contributed by atoms with Gasteiger partial charge < -0.3 is 10.2 Å². The van der Waals surface area contributed by atoms with Crippen LogP contribution in [-0.4, -0.2) is 16.3 Å². The van der Waals surface area contributed by atoms with Crippen molar-refractivity contribution in [1.29, 1.82) is 0 Å². The van der Waals surface area contributed by atoms with Gasteiger partial charge in [0.1, 0.15) is 5.75 Å². The van der Waals surface area contributed by atoms with Crippen LogP contribution in [0.5, 0.6) is 5.75 Å². The molecular weight excluding hydrogens is 200 g/mol. The van der Waals surface area contributed by atoms with Gasteiger partial charge in [0.25, 0.3) is 0 Å². The van der Waals surface area contributed by atoms with E-state index in [1.165, 1.54) is 5.56 Å². The highest BCUT2D eigenvalue weighted by molar-refractivity contribution is 5.28. The first kappa shape index (κ1) is 13.0. The van der Waals surface area contributed by atoms with Crippen molar-refractivity contribution in [2.24, 2.45) is 0 Å². The Hall–Kier alpha value is -1.02. The van der Waals surface area contributed by atoms with Crippen LogP contribution in [0, 0.1) is 0 Å².